The summed E-state index contributed by atoms with van der Waals surface area (Å²) in [6.07, 6.45) is 29.5. The number of unbranched alkanes of at least 4 members (excludes halogenated alkanes) is 19. The molecule has 0 radical (unpaired) electrons. The number of carbonyl (C=O) groups is 1. The fourth-order valence-corrected chi connectivity index (χ4v) is 6.46. The Bertz CT molecular complexity index is 943. The lowest BCUT2D eigenvalue weighted by Gasteiger charge is -2.40. The largest absolute Gasteiger partial charge is 0.394 e. The van der Waals surface area contributed by atoms with Crippen LogP contribution in [-0.2, 0) is 14.3 Å². The predicted molar refractivity (Wildman–Crippen MR) is 213 cm³/mol. The van der Waals surface area contributed by atoms with Crippen molar-refractivity contribution in [3.8, 4) is 0 Å². The molecule has 1 saturated heterocycles. The first kappa shape index (κ1) is 49.4. The monoisotopic (exact) mass is 754 g/mol. The zero-order chi connectivity index (χ0) is 38.9. The van der Waals surface area contributed by atoms with Gasteiger partial charge in [-0.1, -0.05) is 147 Å². The Hall–Kier alpha value is -1.63. The highest BCUT2D eigenvalue weighted by atomic mass is 16.7. The van der Waals surface area contributed by atoms with E-state index in [1.165, 1.54) is 96.3 Å². The molecule has 0 aliphatic carbocycles. The van der Waals surface area contributed by atoms with E-state index in [-0.39, 0.29) is 6.61 Å². The van der Waals surface area contributed by atoms with Crippen molar-refractivity contribution in [2.24, 2.45) is 0 Å². The van der Waals surface area contributed by atoms with Gasteiger partial charge in [-0.25, -0.2) is 0 Å². The number of carbonyl (C=O) groups excluding carboxylic acids is 1. The van der Waals surface area contributed by atoms with Gasteiger partial charge in [-0.2, -0.15) is 0 Å². The summed E-state index contributed by atoms with van der Waals surface area (Å²) in [5.74, 6) is -0.634. The molecule has 53 heavy (non-hydrogen) atoms. The standard InChI is InChI=1S/C43H79NO9/c1-3-5-7-9-11-13-15-17-18-19-20-22-24-26-28-30-32-37(47)42(51)44-35(34-52-43-41(50)40(49)39(48)38(33-45)53-43)36(46)31-29-27-25-23-21-16-14-12-10-8-6-4-2/h17-18,21,23,29,31,35-41,43,45-50H,3-16,19-20,22,24-28,30,32-34H2,1-2H3,(H,44,51)/b18-17-,23-21+,31-29+. The molecular weight excluding hydrogens is 674 g/mol. The molecule has 7 N–H and O–H groups in total. The molecule has 310 valence electrons. The highest BCUT2D eigenvalue weighted by molar-refractivity contribution is 5.80. The smallest absolute Gasteiger partial charge is 0.249 e. The van der Waals surface area contributed by atoms with E-state index >= 15 is 0 Å². The van der Waals surface area contributed by atoms with Crippen LogP contribution in [0.4, 0.5) is 0 Å². The number of aliphatic hydroxyl groups excluding tert-OH is 6. The number of ether oxygens (including phenoxy) is 2. The fraction of sp³-hybridized carbons (Fsp3) is 0.837. The van der Waals surface area contributed by atoms with Crippen LogP contribution in [0.2, 0.25) is 0 Å². The molecule has 1 rings (SSSR count). The topological polar surface area (TPSA) is 169 Å². The minimum atomic E-state index is -1.61. The Kier molecular flexibility index (Phi) is 31.4. The van der Waals surface area contributed by atoms with Gasteiger partial charge in [0.25, 0.3) is 0 Å². The van der Waals surface area contributed by atoms with E-state index in [2.05, 4.69) is 43.5 Å². The molecule has 1 aliphatic heterocycles. The molecule has 0 aromatic heterocycles. The molecule has 0 aromatic carbocycles. The van der Waals surface area contributed by atoms with Crippen LogP contribution in [0.5, 0.6) is 0 Å². The highest BCUT2D eigenvalue weighted by Crippen LogP contribution is 2.22. The summed E-state index contributed by atoms with van der Waals surface area (Å²) >= 11 is 0. The normalized spacial score (nSPS) is 22.6. The number of rotatable bonds is 34. The van der Waals surface area contributed by atoms with E-state index in [4.69, 9.17) is 9.47 Å². The fourth-order valence-electron chi connectivity index (χ4n) is 6.46. The van der Waals surface area contributed by atoms with Crippen molar-refractivity contribution in [2.75, 3.05) is 13.2 Å². The van der Waals surface area contributed by atoms with Crippen molar-refractivity contribution >= 4 is 5.91 Å². The Morgan fingerprint density at radius 1 is 0.642 bits per heavy atom. The lowest BCUT2D eigenvalue weighted by molar-refractivity contribution is -0.302. The quantitative estimate of drug-likeness (QED) is 0.0268. The summed E-state index contributed by atoms with van der Waals surface area (Å²) < 4.78 is 11.1. The van der Waals surface area contributed by atoms with Crippen molar-refractivity contribution in [2.45, 2.75) is 217 Å². The van der Waals surface area contributed by atoms with Gasteiger partial charge in [0.15, 0.2) is 6.29 Å². The van der Waals surface area contributed by atoms with Gasteiger partial charge in [-0.3, -0.25) is 4.79 Å². The van der Waals surface area contributed by atoms with Crippen molar-refractivity contribution in [3.05, 3.63) is 36.5 Å². The summed E-state index contributed by atoms with van der Waals surface area (Å²) in [5.41, 5.74) is 0. The van der Waals surface area contributed by atoms with Gasteiger partial charge in [0, 0.05) is 0 Å². The van der Waals surface area contributed by atoms with E-state index in [0.29, 0.717) is 19.3 Å². The van der Waals surface area contributed by atoms with Crippen LogP contribution in [-0.4, -0.2) is 98.7 Å². The van der Waals surface area contributed by atoms with Crippen molar-refractivity contribution in [3.63, 3.8) is 0 Å². The van der Waals surface area contributed by atoms with E-state index < -0.39 is 61.5 Å². The predicted octanol–water partition coefficient (Wildman–Crippen LogP) is 7.08. The van der Waals surface area contributed by atoms with Gasteiger partial charge < -0.3 is 45.4 Å². The first-order chi connectivity index (χ1) is 25.8. The van der Waals surface area contributed by atoms with Gasteiger partial charge in [0.2, 0.25) is 5.91 Å². The SMILES string of the molecule is CCCCCCCC/C=C\CCCCCCCCC(O)C(=O)NC(COC1OC(CO)C(O)C(O)C1O)C(O)/C=C/CC/C=C/CCCCCCCC. The van der Waals surface area contributed by atoms with Crippen LogP contribution >= 0.6 is 0 Å². The third-order valence-corrected chi connectivity index (χ3v) is 10.0. The maximum Gasteiger partial charge on any atom is 0.249 e. The number of allylic oxidation sites excluding steroid dienone is 5. The molecule has 8 atom stereocenters. The highest BCUT2D eigenvalue weighted by Gasteiger charge is 2.44. The zero-order valence-corrected chi connectivity index (χ0v) is 33.4. The van der Waals surface area contributed by atoms with Gasteiger partial charge in [-0.15, -0.1) is 0 Å². The van der Waals surface area contributed by atoms with Crippen LogP contribution in [0.15, 0.2) is 36.5 Å². The molecule has 1 fully saturated rings. The molecule has 1 aliphatic rings. The Balaban J connectivity index is 2.48. The average molecular weight is 754 g/mol. The molecule has 0 spiro atoms. The molecule has 8 unspecified atom stereocenters. The lowest BCUT2D eigenvalue weighted by atomic mass is 9.99. The number of hydrogen-bond acceptors (Lipinski definition) is 9. The first-order valence-corrected chi connectivity index (χ1v) is 21.3. The second-order valence-corrected chi connectivity index (χ2v) is 14.9. The van der Waals surface area contributed by atoms with Gasteiger partial charge in [-0.05, 0) is 57.8 Å². The number of aliphatic hydroxyl groups is 6. The zero-order valence-electron chi connectivity index (χ0n) is 33.4. The van der Waals surface area contributed by atoms with Gasteiger partial charge in [0.1, 0.15) is 30.5 Å². The minimum Gasteiger partial charge on any atom is -0.394 e. The van der Waals surface area contributed by atoms with Crippen LogP contribution in [0.3, 0.4) is 0 Å². The third kappa shape index (κ3) is 24.5. The second-order valence-electron chi connectivity index (χ2n) is 14.9. The van der Waals surface area contributed by atoms with E-state index in [9.17, 15) is 35.4 Å². The summed E-state index contributed by atoms with van der Waals surface area (Å²) in [7, 11) is 0. The van der Waals surface area contributed by atoms with Crippen LogP contribution in [0.1, 0.15) is 168 Å². The van der Waals surface area contributed by atoms with E-state index in [1.807, 2.05) is 6.08 Å². The first-order valence-electron chi connectivity index (χ1n) is 21.3. The Labute approximate surface area is 322 Å². The van der Waals surface area contributed by atoms with Gasteiger partial charge in [0.05, 0.1) is 25.4 Å². The van der Waals surface area contributed by atoms with Crippen molar-refractivity contribution < 1.29 is 44.9 Å². The molecule has 0 saturated carbocycles. The summed E-state index contributed by atoms with van der Waals surface area (Å²) in [6, 6.07) is -0.996. The van der Waals surface area contributed by atoms with E-state index in [0.717, 1.165) is 38.5 Å². The minimum absolute atomic E-state index is 0.296. The number of amides is 1. The van der Waals surface area contributed by atoms with Gasteiger partial charge >= 0.3 is 0 Å². The summed E-state index contributed by atoms with van der Waals surface area (Å²) in [5, 5.41) is 64.4. The van der Waals surface area contributed by atoms with E-state index in [1.54, 1.807) is 6.08 Å². The van der Waals surface area contributed by atoms with Crippen molar-refractivity contribution in [1.29, 1.82) is 0 Å². The van der Waals surface area contributed by atoms with Crippen LogP contribution in [0, 0.1) is 0 Å². The van der Waals surface area contributed by atoms with Crippen LogP contribution in [0.25, 0.3) is 0 Å². The lowest BCUT2D eigenvalue weighted by Crippen LogP contribution is -2.60. The Morgan fingerprint density at radius 2 is 1.11 bits per heavy atom. The second kappa shape index (κ2) is 33.7. The maximum absolute atomic E-state index is 13.0. The molecule has 1 heterocycles. The molecule has 10 nitrogen and oxygen atoms in total. The molecule has 0 aromatic rings. The third-order valence-electron chi connectivity index (χ3n) is 10.0. The average Bonchev–Trinajstić information content (AvgIpc) is 3.16. The molecule has 0 bridgehead atoms. The molecule has 1 amide bonds. The number of nitrogens with one attached hydrogen (secondary N) is 1. The maximum atomic E-state index is 13.0. The Morgan fingerprint density at radius 3 is 1.64 bits per heavy atom. The molecular formula is C43H79NO9. The summed E-state index contributed by atoms with van der Waals surface area (Å²) in [4.78, 5) is 13.0. The van der Waals surface area contributed by atoms with Crippen molar-refractivity contribution in [1.82, 2.24) is 5.32 Å². The summed E-state index contributed by atoms with van der Waals surface area (Å²) in [6.45, 7) is 3.54. The van der Waals surface area contributed by atoms with Crippen LogP contribution < -0.4 is 5.32 Å². The number of hydrogen-bond donors (Lipinski definition) is 7. The molecule has 10 heteroatoms.